The van der Waals surface area contributed by atoms with Gasteiger partial charge >= 0.3 is 0 Å². The molecule has 3 nitrogen and oxygen atoms in total. The summed E-state index contributed by atoms with van der Waals surface area (Å²) in [4.78, 5) is 2.66. The van der Waals surface area contributed by atoms with Gasteiger partial charge in [-0.25, -0.2) is 0 Å². The Kier molecular flexibility index (Phi) is 4.85. The first-order chi connectivity index (χ1) is 8.93. The summed E-state index contributed by atoms with van der Waals surface area (Å²) >= 11 is 2.19. The molecule has 2 heterocycles. The molecule has 3 aliphatic rings. The lowest BCUT2D eigenvalue weighted by Gasteiger charge is -2.37. The van der Waals surface area contributed by atoms with Crippen molar-refractivity contribution in [3.8, 4) is 0 Å². The normalized spacial score (nSPS) is 37.7. The maximum atomic E-state index is 5.86. The fraction of sp³-hybridized carbons (Fsp3) is 1.00. The molecule has 3 fully saturated rings. The highest BCUT2D eigenvalue weighted by atomic mass is 32.2. The maximum Gasteiger partial charge on any atom is 0.157 e. The van der Waals surface area contributed by atoms with E-state index in [1.807, 2.05) is 0 Å². The number of nitrogens with zero attached hydrogens (tertiary/aromatic N) is 1. The largest absolute Gasteiger partial charge is 0.353 e. The molecular formula is C14H25NO2S. The number of ether oxygens (including phenoxy) is 2. The Morgan fingerprint density at radius 1 is 1.17 bits per heavy atom. The van der Waals surface area contributed by atoms with E-state index in [4.69, 9.17) is 9.47 Å². The minimum atomic E-state index is 0.0808. The van der Waals surface area contributed by atoms with Crippen molar-refractivity contribution in [3.05, 3.63) is 0 Å². The Morgan fingerprint density at radius 2 is 2.17 bits per heavy atom. The zero-order valence-corrected chi connectivity index (χ0v) is 12.0. The first-order valence-electron chi connectivity index (χ1n) is 7.52. The monoisotopic (exact) mass is 271 g/mol. The van der Waals surface area contributed by atoms with Crippen molar-refractivity contribution in [2.45, 2.75) is 56.1 Å². The molecule has 0 radical (unpaired) electrons. The first kappa shape index (κ1) is 13.2. The van der Waals surface area contributed by atoms with E-state index in [1.165, 1.54) is 44.4 Å². The van der Waals surface area contributed by atoms with E-state index in [1.54, 1.807) is 0 Å². The van der Waals surface area contributed by atoms with Crippen LogP contribution in [-0.4, -0.2) is 54.5 Å². The molecule has 104 valence electrons. The Bertz CT molecular complexity index is 258. The van der Waals surface area contributed by atoms with E-state index >= 15 is 0 Å². The second-order valence-corrected chi connectivity index (χ2v) is 6.96. The number of hydrogen-bond donors (Lipinski definition) is 0. The van der Waals surface area contributed by atoms with Crippen LogP contribution in [0.4, 0.5) is 0 Å². The summed E-state index contributed by atoms with van der Waals surface area (Å²) in [5, 5.41) is 0.907. The summed E-state index contributed by atoms with van der Waals surface area (Å²) in [6.07, 6.45) is 7.88. The van der Waals surface area contributed by atoms with Gasteiger partial charge < -0.3 is 9.47 Å². The topological polar surface area (TPSA) is 21.7 Å². The van der Waals surface area contributed by atoms with Gasteiger partial charge in [-0.15, -0.1) is 0 Å². The minimum absolute atomic E-state index is 0.0808. The van der Waals surface area contributed by atoms with E-state index < -0.39 is 0 Å². The van der Waals surface area contributed by atoms with Crippen LogP contribution in [0.5, 0.6) is 0 Å². The molecule has 0 amide bonds. The van der Waals surface area contributed by atoms with Crippen molar-refractivity contribution in [2.75, 3.05) is 32.1 Å². The lowest BCUT2D eigenvalue weighted by molar-refractivity contribution is -0.164. The van der Waals surface area contributed by atoms with Crippen LogP contribution in [0.25, 0.3) is 0 Å². The quantitative estimate of drug-likeness (QED) is 0.783. The molecule has 2 aliphatic heterocycles. The molecule has 0 aromatic heterocycles. The fourth-order valence-electron chi connectivity index (χ4n) is 3.43. The number of hydrogen-bond acceptors (Lipinski definition) is 4. The van der Waals surface area contributed by atoms with Gasteiger partial charge in [-0.2, -0.15) is 11.8 Å². The SMILES string of the molecule is C1CC[C@H](OCCN2CCS[C@@H]3CCC[C@H]32)OC1. The zero-order valence-electron chi connectivity index (χ0n) is 11.2. The fourth-order valence-corrected chi connectivity index (χ4v) is 4.93. The van der Waals surface area contributed by atoms with E-state index in [9.17, 15) is 0 Å². The average molecular weight is 271 g/mol. The summed E-state index contributed by atoms with van der Waals surface area (Å²) in [5.74, 6) is 1.31. The third kappa shape index (κ3) is 3.21. The molecule has 0 aromatic rings. The number of thioether (sulfide) groups is 1. The molecule has 3 rings (SSSR count). The second kappa shape index (κ2) is 6.60. The molecule has 18 heavy (non-hydrogen) atoms. The number of fused-ring (bicyclic) bond motifs is 1. The van der Waals surface area contributed by atoms with Crippen molar-refractivity contribution in [3.63, 3.8) is 0 Å². The molecule has 1 aliphatic carbocycles. The van der Waals surface area contributed by atoms with Gasteiger partial charge in [0, 0.05) is 36.7 Å². The summed E-state index contributed by atoms with van der Waals surface area (Å²) < 4.78 is 11.5. The lowest BCUT2D eigenvalue weighted by atomic mass is 10.2. The van der Waals surface area contributed by atoms with E-state index in [0.29, 0.717) is 0 Å². The molecule has 0 unspecified atom stereocenters. The molecular weight excluding hydrogens is 246 g/mol. The molecule has 3 atom stereocenters. The standard InChI is InChI=1S/C14H25NO2S/c1-2-9-16-14(6-1)17-10-7-15-8-11-18-13-5-3-4-12(13)15/h12-14H,1-11H2/t12-,13-,14+/m1/s1. The van der Waals surface area contributed by atoms with E-state index in [2.05, 4.69) is 16.7 Å². The smallest absolute Gasteiger partial charge is 0.157 e. The minimum Gasteiger partial charge on any atom is -0.353 e. The van der Waals surface area contributed by atoms with Crippen molar-refractivity contribution < 1.29 is 9.47 Å². The van der Waals surface area contributed by atoms with Crippen molar-refractivity contribution in [2.24, 2.45) is 0 Å². The van der Waals surface area contributed by atoms with Crippen LogP contribution in [0.3, 0.4) is 0 Å². The average Bonchev–Trinajstić information content (AvgIpc) is 2.89. The van der Waals surface area contributed by atoms with Crippen LogP contribution < -0.4 is 0 Å². The van der Waals surface area contributed by atoms with Gasteiger partial charge in [-0.05, 0) is 32.1 Å². The van der Waals surface area contributed by atoms with Crippen LogP contribution in [0.2, 0.25) is 0 Å². The van der Waals surface area contributed by atoms with Crippen molar-refractivity contribution >= 4 is 11.8 Å². The summed E-state index contributed by atoms with van der Waals surface area (Å²) in [6, 6.07) is 0.833. The second-order valence-electron chi connectivity index (χ2n) is 5.61. The van der Waals surface area contributed by atoms with Crippen molar-refractivity contribution in [1.82, 2.24) is 4.90 Å². The van der Waals surface area contributed by atoms with Gasteiger partial charge in [0.1, 0.15) is 0 Å². The molecule has 0 spiro atoms. The lowest BCUT2D eigenvalue weighted by Crippen LogP contribution is -2.46. The predicted octanol–water partition coefficient (Wildman–Crippen LogP) is 2.50. The third-order valence-electron chi connectivity index (χ3n) is 4.42. The maximum absolute atomic E-state index is 5.86. The molecule has 1 saturated carbocycles. The van der Waals surface area contributed by atoms with E-state index in [0.717, 1.165) is 37.5 Å². The summed E-state index contributed by atoms with van der Waals surface area (Å²) in [6.45, 7) is 4.08. The van der Waals surface area contributed by atoms with Crippen LogP contribution in [0, 0.1) is 0 Å². The van der Waals surface area contributed by atoms with Crippen LogP contribution in [0.1, 0.15) is 38.5 Å². The number of rotatable bonds is 4. The van der Waals surface area contributed by atoms with Gasteiger partial charge in [0.05, 0.1) is 6.61 Å². The highest BCUT2D eigenvalue weighted by Gasteiger charge is 2.35. The molecule has 0 N–H and O–H groups in total. The third-order valence-corrected chi connectivity index (χ3v) is 5.81. The Hall–Kier alpha value is 0.230. The van der Waals surface area contributed by atoms with Gasteiger partial charge in [0.15, 0.2) is 6.29 Å². The van der Waals surface area contributed by atoms with Crippen molar-refractivity contribution in [1.29, 1.82) is 0 Å². The molecule has 2 saturated heterocycles. The van der Waals surface area contributed by atoms with E-state index in [-0.39, 0.29) is 6.29 Å². The van der Waals surface area contributed by atoms with Gasteiger partial charge in [-0.1, -0.05) is 6.42 Å². The zero-order chi connectivity index (χ0) is 12.2. The summed E-state index contributed by atoms with van der Waals surface area (Å²) in [7, 11) is 0. The van der Waals surface area contributed by atoms with Crippen LogP contribution in [-0.2, 0) is 9.47 Å². The highest BCUT2D eigenvalue weighted by molar-refractivity contribution is 8.00. The predicted molar refractivity (Wildman–Crippen MR) is 75.0 cm³/mol. The summed E-state index contributed by atoms with van der Waals surface area (Å²) in [5.41, 5.74) is 0. The molecule has 4 heteroatoms. The Balaban J connectivity index is 1.39. The van der Waals surface area contributed by atoms with Gasteiger partial charge in [0.25, 0.3) is 0 Å². The van der Waals surface area contributed by atoms with Crippen LogP contribution in [0.15, 0.2) is 0 Å². The van der Waals surface area contributed by atoms with Gasteiger partial charge in [0.2, 0.25) is 0 Å². The molecule has 0 aromatic carbocycles. The highest BCUT2D eigenvalue weighted by Crippen LogP contribution is 2.36. The Labute approximate surface area is 115 Å². The van der Waals surface area contributed by atoms with Gasteiger partial charge in [-0.3, -0.25) is 4.90 Å². The molecule has 0 bridgehead atoms. The first-order valence-corrected chi connectivity index (χ1v) is 8.57. The van der Waals surface area contributed by atoms with Crippen LogP contribution >= 0.6 is 11.8 Å². The Morgan fingerprint density at radius 3 is 3.06 bits per heavy atom.